The summed E-state index contributed by atoms with van der Waals surface area (Å²) in [5.41, 5.74) is 3.57. The number of hydrogen-bond acceptors (Lipinski definition) is 3. The number of pyridine rings is 1. The van der Waals surface area contributed by atoms with E-state index in [1.165, 1.54) is 12.8 Å². The lowest BCUT2D eigenvalue weighted by Gasteiger charge is -2.21. The van der Waals surface area contributed by atoms with Crippen molar-refractivity contribution in [2.75, 3.05) is 0 Å². The number of carbonyl (C=O) groups excluding carboxylic acids is 1. The van der Waals surface area contributed by atoms with Gasteiger partial charge in [0.2, 0.25) is 0 Å². The Morgan fingerprint density at radius 1 is 1.14 bits per heavy atom. The summed E-state index contributed by atoms with van der Waals surface area (Å²) in [6, 6.07) is 13.1. The van der Waals surface area contributed by atoms with E-state index in [0.29, 0.717) is 16.5 Å². The van der Waals surface area contributed by atoms with Crippen LogP contribution in [-0.2, 0) is 6.54 Å². The Kier molecular flexibility index (Phi) is 5.17. The van der Waals surface area contributed by atoms with E-state index in [1.54, 1.807) is 6.20 Å². The molecule has 29 heavy (non-hydrogen) atoms. The van der Waals surface area contributed by atoms with E-state index in [0.717, 1.165) is 29.2 Å². The van der Waals surface area contributed by atoms with E-state index in [1.807, 2.05) is 67.9 Å². The molecule has 4 rings (SSSR count). The van der Waals surface area contributed by atoms with Crippen molar-refractivity contribution in [1.29, 1.82) is 0 Å². The molecule has 1 saturated carbocycles. The smallest absolute Gasteiger partial charge is 0.251 e. The summed E-state index contributed by atoms with van der Waals surface area (Å²) in [5.74, 6) is 0.571. The zero-order valence-corrected chi connectivity index (χ0v) is 17.7. The monoisotopic (exact) mass is 408 g/mol. The molecule has 6 heteroatoms. The molecule has 0 saturated heterocycles. The number of aromatic nitrogens is 3. The molecule has 0 spiro atoms. The number of nitrogens with one attached hydrogen (secondary N) is 1. The van der Waals surface area contributed by atoms with Crippen molar-refractivity contribution >= 4 is 17.5 Å². The van der Waals surface area contributed by atoms with Gasteiger partial charge in [0.1, 0.15) is 0 Å². The van der Waals surface area contributed by atoms with E-state index in [2.05, 4.69) is 10.4 Å². The second-order valence-electron chi connectivity index (χ2n) is 8.68. The molecule has 2 aromatic heterocycles. The van der Waals surface area contributed by atoms with Gasteiger partial charge in [0.05, 0.1) is 17.1 Å². The standard InChI is InChI=1S/C23H25ClN4O/c1-23(2,3)27-22(29)17-12-19(16-6-8-18(24)9-7-16)26-20(13-17)21-10-11-25-28(21)14-15-4-5-15/h6-13,15H,4-5,14H2,1-3H3,(H,27,29). The molecule has 3 aromatic rings. The van der Waals surface area contributed by atoms with E-state index in [9.17, 15) is 4.79 Å². The van der Waals surface area contributed by atoms with Crippen molar-refractivity contribution < 1.29 is 4.79 Å². The van der Waals surface area contributed by atoms with Gasteiger partial charge in [-0.25, -0.2) is 4.98 Å². The molecule has 1 fully saturated rings. The fraction of sp³-hybridized carbons (Fsp3) is 0.348. The third kappa shape index (κ3) is 4.85. The Labute approximate surface area is 176 Å². The number of carbonyl (C=O) groups is 1. The molecule has 1 aliphatic rings. The first-order valence-electron chi connectivity index (χ1n) is 9.91. The minimum absolute atomic E-state index is 0.121. The van der Waals surface area contributed by atoms with Crippen LogP contribution in [0.1, 0.15) is 44.0 Å². The van der Waals surface area contributed by atoms with Gasteiger partial charge in [0.15, 0.2) is 0 Å². The van der Waals surface area contributed by atoms with Gasteiger partial charge >= 0.3 is 0 Å². The molecule has 0 aliphatic heterocycles. The second-order valence-corrected chi connectivity index (χ2v) is 9.12. The first kappa shape index (κ1) is 19.6. The molecule has 1 amide bonds. The summed E-state index contributed by atoms with van der Waals surface area (Å²) in [5, 5.41) is 8.19. The molecule has 0 unspecified atom stereocenters. The molecule has 0 bridgehead atoms. The summed E-state index contributed by atoms with van der Waals surface area (Å²) in [6.07, 6.45) is 4.29. The van der Waals surface area contributed by atoms with Crippen LogP contribution >= 0.6 is 11.6 Å². The average molecular weight is 409 g/mol. The highest BCUT2D eigenvalue weighted by Gasteiger charge is 2.24. The quantitative estimate of drug-likeness (QED) is 0.630. The van der Waals surface area contributed by atoms with E-state index in [-0.39, 0.29) is 11.4 Å². The van der Waals surface area contributed by atoms with Gasteiger partial charge in [-0.05, 0) is 69.9 Å². The van der Waals surface area contributed by atoms with Crippen molar-refractivity contribution in [2.24, 2.45) is 5.92 Å². The van der Waals surface area contributed by atoms with Crippen LogP contribution in [0.2, 0.25) is 5.02 Å². The number of halogens is 1. The van der Waals surface area contributed by atoms with Crippen LogP contribution in [-0.4, -0.2) is 26.2 Å². The van der Waals surface area contributed by atoms with Crippen molar-refractivity contribution in [3.05, 3.63) is 59.2 Å². The van der Waals surface area contributed by atoms with Gasteiger partial charge in [-0.15, -0.1) is 0 Å². The van der Waals surface area contributed by atoms with Gasteiger partial charge in [0.25, 0.3) is 5.91 Å². The minimum Gasteiger partial charge on any atom is -0.347 e. The third-order valence-electron chi connectivity index (χ3n) is 4.82. The SMILES string of the molecule is CC(C)(C)NC(=O)c1cc(-c2ccc(Cl)cc2)nc(-c2ccnn2CC2CC2)c1. The Morgan fingerprint density at radius 2 is 1.83 bits per heavy atom. The first-order valence-corrected chi connectivity index (χ1v) is 10.3. The Balaban J connectivity index is 1.78. The number of benzene rings is 1. The number of amides is 1. The third-order valence-corrected chi connectivity index (χ3v) is 5.08. The number of hydrogen-bond donors (Lipinski definition) is 1. The van der Waals surface area contributed by atoms with Gasteiger partial charge in [0, 0.05) is 34.4 Å². The normalized spacial score (nSPS) is 14.1. The van der Waals surface area contributed by atoms with Gasteiger partial charge in [-0.2, -0.15) is 5.10 Å². The highest BCUT2D eigenvalue weighted by Crippen LogP contribution is 2.32. The zero-order chi connectivity index (χ0) is 20.6. The highest BCUT2D eigenvalue weighted by atomic mass is 35.5. The van der Waals surface area contributed by atoms with Crippen LogP contribution in [0.5, 0.6) is 0 Å². The van der Waals surface area contributed by atoms with E-state index < -0.39 is 0 Å². The zero-order valence-electron chi connectivity index (χ0n) is 16.9. The molecule has 150 valence electrons. The molecule has 0 atom stereocenters. The van der Waals surface area contributed by atoms with E-state index in [4.69, 9.17) is 16.6 Å². The first-order chi connectivity index (χ1) is 13.8. The lowest BCUT2D eigenvalue weighted by Crippen LogP contribution is -2.40. The fourth-order valence-electron chi connectivity index (χ4n) is 3.21. The van der Waals surface area contributed by atoms with Gasteiger partial charge in [-0.3, -0.25) is 9.48 Å². The lowest BCUT2D eigenvalue weighted by atomic mass is 10.0. The van der Waals surface area contributed by atoms with Crippen molar-refractivity contribution in [1.82, 2.24) is 20.1 Å². The van der Waals surface area contributed by atoms with Crippen LogP contribution < -0.4 is 5.32 Å². The maximum absolute atomic E-state index is 12.9. The highest BCUT2D eigenvalue weighted by molar-refractivity contribution is 6.30. The van der Waals surface area contributed by atoms with Crippen LogP contribution in [0, 0.1) is 5.92 Å². The molecular formula is C23H25ClN4O. The molecule has 1 aliphatic carbocycles. The average Bonchev–Trinajstić information content (AvgIpc) is 3.35. The van der Waals surface area contributed by atoms with Crippen LogP contribution in [0.15, 0.2) is 48.7 Å². The molecule has 0 radical (unpaired) electrons. The summed E-state index contributed by atoms with van der Waals surface area (Å²) >= 11 is 6.04. The van der Waals surface area contributed by atoms with Crippen molar-refractivity contribution in [3.8, 4) is 22.6 Å². The molecule has 1 aromatic carbocycles. The molecule has 5 nitrogen and oxygen atoms in total. The number of rotatable bonds is 5. The summed E-state index contributed by atoms with van der Waals surface area (Å²) in [4.78, 5) is 17.8. The summed E-state index contributed by atoms with van der Waals surface area (Å²) < 4.78 is 2.00. The summed E-state index contributed by atoms with van der Waals surface area (Å²) in [7, 11) is 0. The topological polar surface area (TPSA) is 59.8 Å². The number of nitrogens with zero attached hydrogens (tertiary/aromatic N) is 3. The van der Waals surface area contributed by atoms with Crippen LogP contribution in [0.3, 0.4) is 0 Å². The molecule has 1 N–H and O–H groups in total. The maximum Gasteiger partial charge on any atom is 0.251 e. The minimum atomic E-state index is -0.325. The molecular weight excluding hydrogens is 384 g/mol. The fourth-order valence-corrected chi connectivity index (χ4v) is 3.34. The molecule has 2 heterocycles. The van der Waals surface area contributed by atoms with Crippen LogP contribution in [0.25, 0.3) is 22.6 Å². The Hall–Kier alpha value is -2.66. The van der Waals surface area contributed by atoms with Crippen molar-refractivity contribution in [2.45, 2.75) is 45.7 Å². The largest absolute Gasteiger partial charge is 0.347 e. The van der Waals surface area contributed by atoms with Gasteiger partial charge in [-0.1, -0.05) is 23.7 Å². The summed E-state index contributed by atoms with van der Waals surface area (Å²) in [6.45, 7) is 6.80. The second kappa shape index (κ2) is 7.64. The Bertz CT molecular complexity index is 1030. The predicted molar refractivity (Wildman–Crippen MR) is 116 cm³/mol. The van der Waals surface area contributed by atoms with Crippen LogP contribution in [0.4, 0.5) is 0 Å². The predicted octanol–water partition coefficient (Wildman–Crippen LogP) is 5.20. The maximum atomic E-state index is 12.9. The Morgan fingerprint density at radius 3 is 2.48 bits per heavy atom. The lowest BCUT2D eigenvalue weighted by molar-refractivity contribution is 0.0919. The van der Waals surface area contributed by atoms with Crippen molar-refractivity contribution in [3.63, 3.8) is 0 Å². The van der Waals surface area contributed by atoms with Gasteiger partial charge < -0.3 is 5.32 Å². The van der Waals surface area contributed by atoms with E-state index >= 15 is 0 Å².